The molecule has 1 nitrogen and oxygen atoms in total. The Bertz CT molecular complexity index is 100. The van der Waals surface area contributed by atoms with Gasteiger partial charge < -0.3 is 4.90 Å². The predicted molar refractivity (Wildman–Crippen MR) is 62.2 cm³/mol. The monoisotopic (exact) mass is 235 g/mol. The first kappa shape index (κ1) is 14.7. The van der Waals surface area contributed by atoms with Crippen molar-refractivity contribution in [2.75, 3.05) is 20.6 Å². The second-order valence-electron chi connectivity index (χ2n) is 3.21. The van der Waals surface area contributed by atoms with Crippen LogP contribution in [0.5, 0.6) is 0 Å². The molecule has 0 saturated carbocycles. The Hall–Kier alpha value is 0.180. The summed E-state index contributed by atoms with van der Waals surface area (Å²) in [5, 5.41) is 0. The number of nitrogens with zero attached hydrogens (tertiary/aromatic N) is 1. The predicted octanol–water partition coefficient (Wildman–Crippen LogP) is 3.26. The van der Waals surface area contributed by atoms with Gasteiger partial charge in [-0.05, 0) is 26.9 Å². The van der Waals surface area contributed by atoms with E-state index in [0.717, 1.165) is 0 Å². The Morgan fingerprint density at radius 1 is 1.08 bits per heavy atom. The standard InChI is InChI=1S/C10H21N.BrH/c1-4-5-6-7-8-9-10-11(2)3;/h7-8H,4-6,9-10H2,1-3H3;1H. The molecule has 0 aromatic rings. The molecule has 0 rings (SSSR count). The lowest BCUT2D eigenvalue weighted by molar-refractivity contribution is 0.417. The van der Waals surface area contributed by atoms with E-state index in [2.05, 4.69) is 38.1 Å². The second-order valence-corrected chi connectivity index (χ2v) is 3.21. The second kappa shape index (κ2) is 11.2. The van der Waals surface area contributed by atoms with E-state index in [1.807, 2.05) is 0 Å². The Kier molecular flexibility index (Phi) is 13.7. The van der Waals surface area contributed by atoms with Gasteiger partial charge in [0.1, 0.15) is 0 Å². The minimum atomic E-state index is 0. The van der Waals surface area contributed by atoms with Crippen molar-refractivity contribution in [1.82, 2.24) is 4.90 Å². The van der Waals surface area contributed by atoms with Crippen LogP contribution >= 0.6 is 17.0 Å². The lowest BCUT2D eigenvalue weighted by atomic mass is 10.2. The highest BCUT2D eigenvalue weighted by Gasteiger charge is 1.84. The lowest BCUT2D eigenvalue weighted by Crippen LogP contribution is -2.11. The van der Waals surface area contributed by atoms with E-state index < -0.39 is 0 Å². The van der Waals surface area contributed by atoms with Crippen molar-refractivity contribution >= 4 is 17.0 Å². The molecule has 0 amide bonds. The fourth-order valence-electron chi connectivity index (χ4n) is 0.890. The van der Waals surface area contributed by atoms with Crippen LogP contribution in [-0.2, 0) is 0 Å². The van der Waals surface area contributed by atoms with Crippen LogP contribution in [0.4, 0.5) is 0 Å². The molecule has 2 heteroatoms. The van der Waals surface area contributed by atoms with Crippen LogP contribution in [0.3, 0.4) is 0 Å². The van der Waals surface area contributed by atoms with E-state index in [4.69, 9.17) is 0 Å². The van der Waals surface area contributed by atoms with Crippen LogP contribution in [0.25, 0.3) is 0 Å². The summed E-state index contributed by atoms with van der Waals surface area (Å²) in [5.74, 6) is 0. The first-order valence-electron chi connectivity index (χ1n) is 4.57. The van der Waals surface area contributed by atoms with Gasteiger partial charge >= 0.3 is 0 Å². The normalized spacial score (nSPS) is 10.7. The van der Waals surface area contributed by atoms with Crippen molar-refractivity contribution in [3.05, 3.63) is 12.2 Å². The van der Waals surface area contributed by atoms with Crippen molar-refractivity contribution in [3.8, 4) is 0 Å². The molecular weight excluding hydrogens is 214 g/mol. The molecule has 0 heterocycles. The van der Waals surface area contributed by atoms with Crippen molar-refractivity contribution in [3.63, 3.8) is 0 Å². The van der Waals surface area contributed by atoms with Crippen LogP contribution in [0, 0.1) is 0 Å². The van der Waals surface area contributed by atoms with Crippen molar-refractivity contribution in [2.45, 2.75) is 32.6 Å². The van der Waals surface area contributed by atoms with Gasteiger partial charge in [0.2, 0.25) is 0 Å². The molecule has 0 unspecified atom stereocenters. The summed E-state index contributed by atoms with van der Waals surface area (Å²) in [4.78, 5) is 2.21. The van der Waals surface area contributed by atoms with E-state index >= 15 is 0 Å². The van der Waals surface area contributed by atoms with Crippen LogP contribution in [0.1, 0.15) is 32.6 Å². The van der Waals surface area contributed by atoms with E-state index in [1.165, 1.54) is 32.2 Å². The Labute approximate surface area is 87.6 Å². The van der Waals surface area contributed by atoms with E-state index in [1.54, 1.807) is 0 Å². The van der Waals surface area contributed by atoms with Gasteiger partial charge in [-0.15, -0.1) is 17.0 Å². The fraction of sp³-hybridized carbons (Fsp3) is 0.800. The zero-order valence-corrected chi connectivity index (χ0v) is 10.3. The molecular formula is C10H22BrN. The zero-order valence-electron chi connectivity index (χ0n) is 8.55. The number of hydrogen-bond acceptors (Lipinski definition) is 1. The molecule has 0 radical (unpaired) electrons. The van der Waals surface area contributed by atoms with Gasteiger partial charge in [-0.1, -0.05) is 31.9 Å². The van der Waals surface area contributed by atoms with Gasteiger partial charge in [-0.25, -0.2) is 0 Å². The molecule has 0 aromatic heterocycles. The molecule has 0 atom stereocenters. The van der Waals surface area contributed by atoms with Crippen LogP contribution in [-0.4, -0.2) is 25.5 Å². The largest absolute Gasteiger partial charge is 0.309 e. The maximum absolute atomic E-state index is 2.30. The minimum absolute atomic E-state index is 0. The van der Waals surface area contributed by atoms with Gasteiger partial charge in [0.25, 0.3) is 0 Å². The van der Waals surface area contributed by atoms with Gasteiger partial charge in [-0.3, -0.25) is 0 Å². The average molecular weight is 236 g/mol. The minimum Gasteiger partial charge on any atom is -0.309 e. The molecule has 0 aliphatic rings. The smallest absolute Gasteiger partial charge is 0.000980 e. The number of halogens is 1. The number of rotatable bonds is 6. The third-order valence-electron chi connectivity index (χ3n) is 1.63. The van der Waals surface area contributed by atoms with Crippen LogP contribution in [0.15, 0.2) is 12.2 Å². The molecule has 0 N–H and O–H groups in total. The number of unbranched alkanes of at least 4 members (excludes halogenated alkanes) is 2. The quantitative estimate of drug-likeness (QED) is 0.505. The van der Waals surface area contributed by atoms with Crippen molar-refractivity contribution in [2.24, 2.45) is 0 Å². The third-order valence-corrected chi connectivity index (χ3v) is 1.63. The topological polar surface area (TPSA) is 3.24 Å². The Balaban J connectivity index is 0. The van der Waals surface area contributed by atoms with Crippen LogP contribution < -0.4 is 0 Å². The Morgan fingerprint density at radius 3 is 2.17 bits per heavy atom. The molecule has 0 fully saturated rings. The SMILES string of the molecule is Br.CCCCC=CCCN(C)C. The first-order chi connectivity index (χ1) is 5.27. The number of hydrogen-bond donors (Lipinski definition) is 0. The number of allylic oxidation sites excluding steroid dienone is 1. The van der Waals surface area contributed by atoms with Gasteiger partial charge in [0.05, 0.1) is 0 Å². The zero-order chi connectivity index (χ0) is 8.53. The van der Waals surface area contributed by atoms with Gasteiger partial charge in [-0.2, -0.15) is 0 Å². The van der Waals surface area contributed by atoms with Crippen LogP contribution in [0.2, 0.25) is 0 Å². The average Bonchev–Trinajstić information content (AvgIpc) is 1.96. The van der Waals surface area contributed by atoms with E-state index in [9.17, 15) is 0 Å². The van der Waals surface area contributed by atoms with E-state index in [-0.39, 0.29) is 17.0 Å². The highest BCUT2D eigenvalue weighted by atomic mass is 79.9. The first-order valence-corrected chi connectivity index (χ1v) is 4.57. The molecule has 0 aromatic carbocycles. The molecule has 0 saturated heterocycles. The van der Waals surface area contributed by atoms with Crippen molar-refractivity contribution < 1.29 is 0 Å². The highest BCUT2D eigenvalue weighted by Crippen LogP contribution is 1.96. The van der Waals surface area contributed by atoms with Crippen molar-refractivity contribution in [1.29, 1.82) is 0 Å². The summed E-state index contributed by atoms with van der Waals surface area (Å²) in [6, 6.07) is 0. The molecule has 0 aliphatic heterocycles. The van der Waals surface area contributed by atoms with Gasteiger partial charge in [0.15, 0.2) is 0 Å². The Morgan fingerprint density at radius 2 is 1.67 bits per heavy atom. The molecule has 74 valence electrons. The summed E-state index contributed by atoms with van der Waals surface area (Å²) in [6.07, 6.45) is 9.67. The van der Waals surface area contributed by atoms with E-state index in [0.29, 0.717) is 0 Å². The molecule has 0 bridgehead atoms. The molecule has 0 spiro atoms. The maximum Gasteiger partial charge on any atom is 0.000980 e. The summed E-state index contributed by atoms with van der Waals surface area (Å²) in [7, 11) is 4.22. The molecule has 12 heavy (non-hydrogen) atoms. The van der Waals surface area contributed by atoms with Gasteiger partial charge in [0, 0.05) is 6.54 Å². The summed E-state index contributed by atoms with van der Waals surface area (Å²) in [5.41, 5.74) is 0. The summed E-state index contributed by atoms with van der Waals surface area (Å²) in [6.45, 7) is 3.40. The molecule has 0 aliphatic carbocycles. The lowest BCUT2D eigenvalue weighted by Gasteiger charge is -2.05. The third kappa shape index (κ3) is 12.8. The summed E-state index contributed by atoms with van der Waals surface area (Å²) < 4.78 is 0. The fourth-order valence-corrected chi connectivity index (χ4v) is 0.890. The maximum atomic E-state index is 2.30. The highest BCUT2D eigenvalue weighted by molar-refractivity contribution is 8.93. The summed E-state index contributed by atoms with van der Waals surface area (Å²) >= 11 is 0.